The minimum Gasteiger partial charge on any atom is -0.361 e. The maximum Gasteiger partial charge on any atom is 0.110 e. The highest BCUT2D eigenvalue weighted by atomic mass is 15.0. The molecule has 0 saturated carbocycles. The third kappa shape index (κ3) is 1.80. The lowest BCUT2D eigenvalue weighted by molar-refractivity contribution is 0.663. The van der Waals surface area contributed by atoms with E-state index in [1.807, 2.05) is 30.1 Å². The van der Waals surface area contributed by atoms with Gasteiger partial charge in [0, 0.05) is 49.0 Å². The molecule has 3 N–H and O–H groups in total. The first-order valence-electron chi connectivity index (χ1n) is 6.03. The Morgan fingerprint density at radius 1 is 1.39 bits per heavy atom. The van der Waals surface area contributed by atoms with E-state index in [-0.39, 0.29) is 6.04 Å². The van der Waals surface area contributed by atoms with Crippen LogP contribution in [0.2, 0.25) is 0 Å². The Bertz CT molecular complexity index is 665. The number of hydrogen-bond acceptors (Lipinski definition) is 2. The second kappa shape index (κ2) is 4.31. The van der Waals surface area contributed by atoms with Crippen LogP contribution in [0.3, 0.4) is 0 Å². The molecule has 2 heterocycles. The molecular formula is C14H16N4. The monoisotopic (exact) mass is 240 g/mol. The zero-order chi connectivity index (χ0) is 12.5. The smallest absolute Gasteiger partial charge is 0.110 e. The van der Waals surface area contributed by atoms with Gasteiger partial charge in [-0.25, -0.2) is 4.98 Å². The van der Waals surface area contributed by atoms with Crippen molar-refractivity contribution in [2.24, 2.45) is 12.8 Å². The van der Waals surface area contributed by atoms with E-state index in [2.05, 4.69) is 28.2 Å². The summed E-state index contributed by atoms with van der Waals surface area (Å²) in [6.07, 6.45) is 6.44. The summed E-state index contributed by atoms with van der Waals surface area (Å²) in [6.45, 7) is 0. The number of benzene rings is 1. The van der Waals surface area contributed by atoms with E-state index >= 15 is 0 Å². The van der Waals surface area contributed by atoms with E-state index in [0.29, 0.717) is 0 Å². The van der Waals surface area contributed by atoms with Gasteiger partial charge in [0.1, 0.15) is 5.82 Å². The van der Waals surface area contributed by atoms with Gasteiger partial charge in [0.05, 0.1) is 0 Å². The van der Waals surface area contributed by atoms with Gasteiger partial charge in [-0.2, -0.15) is 0 Å². The molecule has 1 unspecified atom stereocenters. The highest BCUT2D eigenvalue weighted by molar-refractivity contribution is 5.83. The molecule has 2 aromatic heterocycles. The van der Waals surface area contributed by atoms with Gasteiger partial charge in [0.25, 0.3) is 0 Å². The van der Waals surface area contributed by atoms with Crippen LogP contribution in [0.15, 0.2) is 42.9 Å². The van der Waals surface area contributed by atoms with Crippen LogP contribution in [0.4, 0.5) is 0 Å². The second-order valence-corrected chi connectivity index (χ2v) is 4.55. The number of rotatable bonds is 3. The molecule has 0 spiro atoms. The first kappa shape index (κ1) is 11.0. The zero-order valence-corrected chi connectivity index (χ0v) is 10.3. The summed E-state index contributed by atoms with van der Waals surface area (Å²) < 4.78 is 2.01. The molecule has 92 valence electrons. The first-order chi connectivity index (χ1) is 8.75. The summed E-state index contributed by atoms with van der Waals surface area (Å²) in [5.74, 6) is 1.01. The molecule has 3 rings (SSSR count). The van der Waals surface area contributed by atoms with Crippen LogP contribution in [0, 0.1) is 0 Å². The second-order valence-electron chi connectivity index (χ2n) is 4.55. The van der Waals surface area contributed by atoms with Crippen molar-refractivity contribution in [1.82, 2.24) is 14.5 Å². The summed E-state index contributed by atoms with van der Waals surface area (Å²) in [6, 6.07) is 8.22. The minimum absolute atomic E-state index is 0.0365. The van der Waals surface area contributed by atoms with Crippen molar-refractivity contribution < 1.29 is 0 Å². The quantitative estimate of drug-likeness (QED) is 0.737. The molecular weight excluding hydrogens is 224 g/mol. The van der Waals surface area contributed by atoms with Crippen molar-refractivity contribution in [2.75, 3.05) is 0 Å². The number of aromatic nitrogens is 3. The number of aryl methyl sites for hydroxylation is 1. The van der Waals surface area contributed by atoms with Gasteiger partial charge < -0.3 is 15.3 Å². The zero-order valence-electron chi connectivity index (χ0n) is 10.3. The molecule has 0 bridgehead atoms. The third-order valence-corrected chi connectivity index (χ3v) is 3.35. The fourth-order valence-electron chi connectivity index (χ4n) is 2.33. The van der Waals surface area contributed by atoms with Gasteiger partial charge in [-0.15, -0.1) is 0 Å². The number of nitrogens with two attached hydrogens (primary N) is 1. The van der Waals surface area contributed by atoms with E-state index in [9.17, 15) is 0 Å². The Balaban J connectivity index is 1.95. The molecule has 4 nitrogen and oxygen atoms in total. The van der Waals surface area contributed by atoms with Gasteiger partial charge >= 0.3 is 0 Å². The number of nitrogens with zero attached hydrogens (tertiary/aromatic N) is 2. The lowest BCUT2D eigenvalue weighted by atomic mass is 10.0. The molecule has 1 aromatic carbocycles. The lowest BCUT2D eigenvalue weighted by Crippen LogP contribution is -2.16. The first-order valence-corrected chi connectivity index (χ1v) is 6.03. The van der Waals surface area contributed by atoms with Crippen LogP contribution in [0.5, 0.6) is 0 Å². The molecule has 0 saturated heterocycles. The number of hydrogen-bond donors (Lipinski definition) is 2. The third-order valence-electron chi connectivity index (χ3n) is 3.35. The molecule has 3 aromatic rings. The van der Waals surface area contributed by atoms with E-state index in [0.717, 1.165) is 23.3 Å². The van der Waals surface area contributed by atoms with Crippen LogP contribution >= 0.6 is 0 Å². The number of fused-ring (bicyclic) bond motifs is 1. The number of imidazole rings is 1. The average Bonchev–Trinajstić information content (AvgIpc) is 2.98. The van der Waals surface area contributed by atoms with Crippen molar-refractivity contribution in [2.45, 2.75) is 12.5 Å². The predicted octanol–water partition coefficient (Wildman–Crippen LogP) is 2.14. The average molecular weight is 240 g/mol. The predicted molar refractivity (Wildman–Crippen MR) is 72.1 cm³/mol. The molecule has 4 heteroatoms. The minimum atomic E-state index is -0.0365. The Morgan fingerprint density at radius 3 is 3.06 bits per heavy atom. The normalized spacial score (nSPS) is 13.0. The highest BCUT2D eigenvalue weighted by Gasteiger charge is 2.13. The summed E-state index contributed by atoms with van der Waals surface area (Å²) >= 11 is 0. The van der Waals surface area contributed by atoms with Crippen LogP contribution in [-0.2, 0) is 13.5 Å². The van der Waals surface area contributed by atoms with Crippen molar-refractivity contribution in [1.29, 1.82) is 0 Å². The number of nitrogens with one attached hydrogen (secondary N) is 1. The summed E-state index contributed by atoms with van der Waals surface area (Å²) in [7, 11) is 1.99. The Morgan fingerprint density at radius 2 is 2.28 bits per heavy atom. The maximum absolute atomic E-state index is 6.31. The van der Waals surface area contributed by atoms with Crippen LogP contribution in [0.1, 0.15) is 17.4 Å². The van der Waals surface area contributed by atoms with E-state index in [1.165, 1.54) is 5.39 Å². The molecule has 0 fully saturated rings. The Kier molecular flexibility index (Phi) is 2.64. The topological polar surface area (TPSA) is 59.6 Å². The van der Waals surface area contributed by atoms with Crippen LogP contribution < -0.4 is 5.73 Å². The van der Waals surface area contributed by atoms with Gasteiger partial charge in [-0.3, -0.25) is 0 Å². The van der Waals surface area contributed by atoms with E-state index in [1.54, 1.807) is 6.20 Å². The van der Waals surface area contributed by atoms with Gasteiger partial charge in [0.15, 0.2) is 0 Å². The molecule has 0 aliphatic heterocycles. The molecule has 0 radical (unpaired) electrons. The summed E-state index contributed by atoms with van der Waals surface area (Å²) in [5, 5.41) is 1.19. The maximum atomic E-state index is 6.31. The van der Waals surface area contributed by atoms with Gasteiger partial charge in [0.2, 0.25) is 0 Å². The fraction of sp³-hybridized carbons (Fsp3) is 0.214. The van der Waals surface area contributed by atoms with Crippen molar-refractivity contribution in [3.05, 3.63) is 54.2 Å². The number of H-pyrrole nitrogens is 1. The molecule has 0 aliphatic carbocycles. The van der Waals surface area contributed by atoms with E-state index < -0.39 is 0 Å². The van der Waals surface area contributed by atoms with E-state index in [4.69, 9.17) is 5.73 Å². The van der Waals surface area contributed by atoms with Crippen molar-refractivity contribution >= 4 is 10.9 Å². The SMILES string of the molecule is Cn1ccnc1CC(N)c1cccc2[nH]ccc12. The highest BCUT2D eigenvalue weighted by Crippen LogP contribution is 2.24. The van der Waals surface area contributed by atoms with Gasteiger partial charge in [-0.05, 0) is 17.7 Å². The van der Waals surface area contributed by atoms with Crippen LogP contribution in [-0.4, -0.2) is 14.5 Å². The summed E-state index contributed by atoms with van der Waals surface area (Å²) in [4.78, 5) is 7.53. The van der Waals surface area contributed by atoms with Gasteiger partial charge in [-0.1, -0.05) is 12.1 Å². The van der Waals surface area contributed by atoms with Crippen LogP contribution in [0.25, 0.3) is 10.9 Å². The Labute approximate surface area is 105 Å². The summed E-state index contributed by atoms with van der Waals surface area (Å²) in [5.41, 5.74) is 8.60. The largest absolute Gasteiger partial charge is 0.361 e. The molecule has 0 amide bonds. The van der Waals surface area contributed by atoms with Crippen molar-refractivity contribution in [3.8, 4) is 0 Å². The Hall–Kier alpha value is -2.07. The lowest BCUT2D eigenvalue weighted by Gasteiger charge is -2.13. The molecule has 0 aliphatic rings. The van der Waals surface area contributed by atoms with Crippen molar-refractivity contribution in [3.63, 3.8) is 0 Å². The standard InChI is InChI=1S/C14H16N4/c1-18-8-7-17-14(18)9-12(15)10-3-2-4-13-11(10)5-6-16-13/h2-8,12,16H,9,15H2,1H3. The molecule has 1 atom stereocenters. The molecule has 18 heavy (non-hydrogen) atoms. The fourth-order valence-corrected chi connectivity index (χ4v) is 2.33. The number of aromatic amines is 1.